The minimum atomic E-state index is -3.10. The van der Waals surface area contributed by atoms with Crippen molar-refractivity contribution in [3.63, 3.8) is 0 Å². The zero-order valence-electron chi connectivity index (χ0n) is 7.22. The summed E-state index contributed by atoms with van der Waals surface area (Å²) in [6.45, 7) is -1.68. The molecule has 0 aromatic heterocycles. The van der Waals surface area contributed by atoms with E-state index in [4.69, 9.17) is 5.26 Å². The molecule has 0 aliphatic carbocycles. The van der Waals surface area contributed by atoms with Crippen LogP contribution in [0, 0.1) is 24.1 Å². The van der Waals surface area contributed by atoms with Gasteiger partial charge in [-0.2, -0.15) is 14.0 Å². The van der Waals surface area contributed by atoms with Crippen LogP contribution in [0.1, 0.15) is 11.1 Å². The van der Waals surface area contributed by atoms with E-state index in [-0.39, 0.29) is 11.1 Å². The third kappa shape index (κ3) is 1.96. The van der Waals surface area contributed by atoms with Crippen LogP contribution in [0.15, 0.2) is 12.1 Å². The Morgan fingerprint density at radius 1 is 1.43 bits per heavy atom. The average Bonchev–Trinajstić information content (AvgIpc) is 2.12. The van der Waals surface area contributed by atoms with Crippen molar-refractivity contribution in [1.29, 1.82) is 5.26 Å². The number of nitriles is 1. The van der Waals surface area contributed by atoms with Gasteiger partial charge < -0.3 is 4.74 Å². The van der Waals surface area contributed by atoms with E-state index in [1.165, 1.54) is 25.1 Å². The Morgan fingerprint density at radius 2 is 2.07 bits per heavy atom. The van der Waals surface area contributed by atoms with Gasteiger partial charge in [-0.1, -0.05) is 6.07 Å². The van der Waals surface area contributed by atoms with Crippen LogP contribution >= 0.6 is 0 Å². The largest absolute Gasteiger partial charge is 0.431 e. The molecule has 0 bridgehead atoms. The van der Waals surface area contributed by atoms with Crippen molar-refractivity contribution in [2.75, 3.05) is 0 Å². The van der Waals surface area contributed by atoms with E-state index in [1.807, 2.05) is 0 Å². The van der Waals surface area contributed by atoms with Crippen LogP contribution in [0.4, 0.5) is 13.2 Å². The molecule has 5 heteroatoms. The molecule has 0 heterocycles. The van der Waals surface area contributed by atoms with Crippen LogP contribution in [-0.2, 0) is 0 Å². The summed E-state index contributed by atoms with van der Waals surface area (Å²) in [6.07, 6.45) is 0. The van der Waals surface area contributed by atoms with Gasteiger partial charge in [0.25, 0.3) is 0 Å². The summed E-state index contributed by atoms with van der Waals surface area (Å²) >= 11 is 0. The molecule has 1 aromatic rings. The van der Waals surface area contributed by atoms with Crippen molar-refractivity contribution in [2.45, 2.75) is 13.5 Å². The summed E-state index contributed by atoms with van der Waals surface area (Å²) in [5.41, 5.74) is -0.0898. The van der Waals surface area contributed by atoms with Gasteiger partial charge in [0.2, 0.25) is 0 Å². The predicted octanol–water partition coefficient (Wildman–Crippen LogP) is 2.61. The maximum atomic E-state index is 13.2. The highest BCUT2D eigenvalue weighted by molar-refractivity contribution is 5.43. The first kappa shape index (κ1) is 10.4. The number of aryl methyl sites for hydroxylation is 1. The molecule has 0 atom stereocenters. The first-order valence-corrected chi connectivity index (χ1v) is 3.70. The summed E-state index contributed by atoms with van der Waals surface area (Å²) < 4.78 is 40.9. The first-order chi connectivity index (χ1) is 6.56. The maximum absolute atomic E-state index is 13.2. The molecule has 0 aliphatic rings. The fraction of sp³-hybridized carbons (Fsp3) is 0.222. The quantitative estimate of drug-likeness (QED) is 0.736. The predicted molar refractivity (Wildman–Crippen MR) is 42.5 cm³/mol. The molecule has 0 radical (unpaired) electrons. The Hall–Kier alpha value is -1.70. The van der Waals surface area contributed by atoms with Gasteiger partial charge >= 0.3 is 6.61 Å². The van der Waals surface area contributed by atoms with Gasteiger partial charge in [0.05, 0.1) is 5.56 Å². The standard InChI is InChI=1S/C9H6F3NO/c1-5-2-3-6(4-13)7(10)8(5)14-9(11)12/h2-3,9H,1H3. The number of ether oxygens (including phenoxy) is 1. The molecular weight excluding hydrogens is 195 g/mol. The van der Waals surface area contributed by atoms with E-state index in [1.54, 1.807) is 0 Å². The number of alkyl halides is 2. The third-order valence-corrected chi connectivity index (χ3v) is 1.62. The summed E-state index contributed by atoms with van der Waals surface area (Å²) in [5, 5.41) is 8.43. The van der Waals surface area contributed by atoms with Crippen molar-refractivity contribution < 1.29 is 17.9 Å². The van der Waals surface area contributed by atoms with Gasteiger partial charge in [-0.3, -0.25) is 0 Å². The molecule has 0 amide bonds. The minimum Gasteiger partial charge on any atom is -0.431 e. The summed E-state index contributed by atoms with van der Waals surface area (Å²) in [5.74, 6) is -1.62. The molecule has 0 N–H and O–H groups in total. The molecule has 2 nitrogen and oxygen atoms in total. The Balaban J connectivity index is 3.20. The Kier molecular flexibility index (Phi) is 2.97. The Morgan fingerprint density at radius 3 is 2.57 bits per heavy atom. The van der Waals surface area contributed by atoms with E-state index in [0.29, 0.717) is 0 Å². The number of nitrogens with zero attached hydrogens (tertiary/aromatic N) is 1. The lowest BCUT2D eigenvalue weighted by Crippen LogP contribution is -2.06. The van der Waals surface area contributed by atoms with Crippen molar-refractivity contribution in [1.82, 2.24) is 0 Å². The minimum absolute atomic E-state index is 0.224. The lowest BCUT2D eigenvalue weighted by Gasteiger charge is -2.09. The van der Waals surface area contributed by atoms with Crippen molar-refractivity contribution in [3.05, 3.63) is 29.1 Å². The second-order valence-electron chi connectivity index (χ2n) is 2.56. The lowest BCUT2D eigenvalue weighted by molar-refractivity contribution is -0.0526. The van der Waals surface area contributed by atoms with Gasteiger partial charge in [-0.05, 0) is 18.6 Å². The smallest absolute Gasteiger partial charge is 0.387 e. The van der Waals surface area contributed by atoms with Gasteiger partial charge in [0.15, 0.2) is 11.6 Å². The summed E-state index contributed by atoms with van der Waals surface area (Å²) in [4.78, 5) is 0. The number of hydrogen-bond donors (Lipinski definition) is 0. The lowest BCUT2D eigenvalue weighted by atomic mass is 10.1. The molecule has 0 aliphatic heterocycles. The SMILES string of the molecule is Cc1ccc(C#N)c(F)c1OC(F)F. The van der Waals surface area contributed by atoms with Crippen LogP contribution in [0.5, 0.6) is 5.75 Å². The van der Waals surface area contributed by atoms with Gasteiger partial charge in [0.1, 0.15) is 6.07 Å². The molecule has 0 spiro atoms. The fourth-order valence-electron chi connectivity index (χ4n) is 0.973. The molecule has 74 valence electrons. The van der Waals surface area contributed by atoms with Crippen LogP contribution in [-0.4, -0.2) is 6.61 Å². The van der Waals surface area contributed by atoms with Gasteiger partial charge in [0, 0.05) is 0 Å². The monoisotopic (exact) mass is 201 g/mol. The number of halogens is 3. The van der Waals surface area contributed by atoms with E-state index in [9.17, 15) is 13.2 Å². The zero-order chi connectivity index (χ0) is 10.7. The molecule has 0 saturated heterocycles. The van der Waals surface area contributed by atoms with E-state index >= 15 is 0 Å². The molecule has 0 unspecified atom stereocenters. The number of hydrogen-bond acceptors (Lipinski definition) is 2. The Bertz CT molecular complexity index is 384. The van der Waals surface area contributed by atoms with Crippen molar-refractivity contribution >= 4 is 0 Å². The summed E-state index contributed by atoms with van der Waals surface area (Å²) in [6, 6.07) is 4.09. The van der Waals surface area contributed by atoms with E-state index < -0.39 is 18.2 Å². The van der Waals surface area contributed by atoms with Crippen LogP contribution < -0.4 is 4.74 Å². The van der Waals surface area contributed by atoms with Crippen LogP contribution in [0.2, 0.25) is 0 Å². The normalized spacial score (nSPS) is 10.0. The second-order valence-corrected chi connectivity index (χ2v) is 2.56. The highest BCUT2D eigenvalue weighted by atomic mass is 19.3. The second kappa shape index (κ2) is 4.01. The average molecular weight is 201 g/mol. The number of benzene rings is 1. The summed E-state index contributed by atoms with van der Waals surface area (Å²) in [7, 11) is 0. The maximum Gasteiger partial charge on any atom is 0.387 e. The van der Waals surface area contributed by atoms with E-state index in [0.717, 1.165) is 0 Å². The van der Waals surface area contributed by atoms with Crippen LogP contribution in [0.25, 0.3) is 0 Å². The highest BCUT2D eigenvalue weighted by Crippen LogP contribution is 2.26. The third-order valence-electron chi connectivity index (χ3n) is 1.62. The van der Waals surface area contributed by atoms with E-state index in [2.05, 4.69) is 4.74 Å². The zero-order valence-corrected chi connectivity index (χ0v) is 7.22. The molecular formula is C9H6F3NO. The van der Waals surface area contributed by atoms with Gasteiger partial charge in [-0.15, -0.1) is 0 Å². The number of rotatable bonds is 2. The highest BCUT2D eigenvalue weighted by Gasteiger charge is 2.15. The molecule has 0 fully saturated rings. The van der Waals surface area contributed by atoms with Crippen molar-refractivity contribution in [2.24, 2.45) is 0 Å². The van der Waals surface area contributed by atoms with Crippen LogP contribution in [0.3, 0.4) is 0 Å². The van der Waals surface area contributed by atoms with Gasteiger partial charge in [-0.25, -0.2) is 4.39 Å². The molecule has 1 rings (SSSR count). The fourth-order valence-corrected chi connectivity index (χ4v) is 0.973. The first-order valence-electron chi connectivity index (χ1n) is 3.70. The molecule has 1 aromatic carbocycles. The Labute approximate surface area is 78.5 Å². The molecule has 14 heavy (non-hydrogen) atoms. The van der Waals surface area contributed by atoms with Crippen molar-refractivity contribution in [3.8, 4) is 11.8 Å². The topological polar surface area (TPSA) is 33.0 Å². The molecule has 0 saturated carbocycles.